The van der Waals surface area contributed by atoms with Crippen LogP contribution in [-0.4, -0.2) is 28.6 Å². The first-order valence-electron chi connectivity index (χ1n) is 9.84. The normalized spacial score (nSPS) is 17.1. The monoisotopic (exact) mass is 458 g/mol. The second kappa shape index (κ2) is 9.11. The Morgan fingerprint density at radius 1 is 1.29 bits per heavy atom. The van der Waals surface area contributed by atoms with Crippen LogP contribution in [0.3, 0.4) is 0 Å². The lowest BCUT2D eigenvalue weighted by Crippen LogP contribution is -2.28. The smallest absolute Gasteiger partial charge is 0.231 e. The maximum absolute atomic E-state index is 13.4. The van der Waals surface area contributed by atoms with Crippen LogP contribution in [0, 0.1) is 11.7 Å². The molecule has 0 saturated carbocycles. The zero-order valence-corrected chi connectivity index (χ0v) is 18.3. The molecule has 31 heavy (non-hydrogen) atoms. The number of aromatic nitrogens is 2. The van der Waals surface area contributed by atoms with Gasteiger partial charge in [0.05, 0.1) is 10.9 Å². The number of amides is 2. The summed E-state index contributed by atoms with van der Waals surface area (Å²) < 4.78 is 13.4. The third kappa shape index (κ3) is 4.91. The minimum Gasteiger partial charge on any atom is -0.312 e. The van der Waals surface area contributed by atoms with Gasteiger partial charge in [0.1, 0.15) is 10.8 Å². The predicted octanol–water partition coefficient (Wildman–Crippen LogP) is 4.67. The SMILES string of the molecule is CC(Cc1nnc(NC(=O)C2CC(=O)N(c3ccc(F)c(Cl)c3)C2)s1)c1ccccc1. The zero-order valence-electron chi connectivity index (χ0n) is 16.7. The number of benzene rings is 2. The second-order valence-electron chi connectivity index (χ2n) is 7.51. The number of anilines is 2. The largest absolute Gasteiger partial charge is 0.312 e. The van der Waals surface area contributed by atoms with Crippen molar-refractivity contribution >= 4 is 45.6 Å². The van der Waals surface area contributed by atoms with Crippen LogP contribution >= 0.6 is 22.9 Å². The molecular weight excluding hydrogens is 439 g/mol. The molecule has 1 saturated heterocycles. The fourth-order valence-electron chi connectivity index (χ4n) is 3.54. The fraction of sp³-hybridized carbons (Fsp3) is 0.273. The molecule has 2 heterocycles. The molecule has 2 amide bonds. The summed E-state index contributed by atoms with van der Waals surface area (Å²) in [5, 5.41) is 12.2. The Hall–Kier alpha value is -2.84. The molecule has 1 N–H and O–H groups in total. The van der Waals surface area contributed by atoms with Gasteiger partial charge in [-0.2, -0.15) is 0 Å². The standard InChI is InChI=1S/C22H20ClFN4O2S/c1-13(14-5-3-2-4-6-14)9-19-26-27-22(31-19)25-21(30)15-10-20(29)28(12-15)16-7-8-18(24)17(23)11-16/h2-8,11,13,15H,9-10,12H2,1H3,(H,25,27,30). The van der Waals surface area contributed by atoms with E-state index in [1.54, 1.807) is 0 Å². The van der Waals surface area contributed by atoms with E-state index in [0.29, 0.717) is 10.8 Å². The summed E-state index contributed by atoms with van der Waals surface area (Å²) in [7, 11) is 0. The average Bonchev–Trinajstić information content (AvgIpc) is 3.37. The molecule has 4 rings (SSSR count). The van der Waals surface area contributed by atoms with Crippen molar-refractivity contribution < 1.29 is 14.0 Å². The van der Waals surface area contributed by atoms with Crippen molar-refractivity contribution in [2.45, 2.75) is 25.7 Å². The van der Waals surface area contributed by atoms with Gasteiger partial charge in [0.25, 0.3) is 0 Å². The minimum atomic E-state index is -0.556. The van der Waals surface area contributed by atoms with E-state index in [2.05, 4.69) is 34.6 Å². The topological polar surface area (TPSA) is 75.2 Å². The molecule has 3 aromatic rings. The van der Waals surface area contributed by atoms with Crippen LogP contribution in [-0.2, 0) is 16.0 Å². The van der Waals surface area contributed by atoms with Gasteiger partial charge in [-0.15, -0.1) is 10.2 Å². The van der Waals surface area contributed by atoms with Crippen LogP contribution in [0.25, 0.3) is 0 Å². The highest BCUT2D eigenvalue weighted by atomic mass is 35.5. The number of rotatable bonds is 6. The molecular formula is C22H20ClFN4O2S. The van der Waals surface area contributed by atoms with Crippen LogP contribution in [0.4, 0.5) is 15.2 Å². The van der Waals surface area contributed by atoms with Crippen molar-refractivity contribution in [3.63, 3.8) is 0 Å². The molecule has 2 aromatic carbocycles. The van der Waals surface area contributed by atoms with Crippen molar-refractivity contribution in [3.05, 3.63) is 69.9 Å². The van der Waals surface area contributed by atoms with Crippen LogP contribution < -0.4 is 10.2 Å². The molecule has 0 spiro atoms. The quantitative estimate of drug-likeness (QED) is 0.582. The highest BCUT2D eigenvalue weighted by molar-refractivity contribution is 7.15. The lowest BCUT2D eigenvalue weighted by molar-refractivity contribution is -0.122. The van der Waals surface area contributed by atoms with Gasteiger partial charge in [0.15, 0.2) is 0 Å². The van der Waals surface area contributed by atoms with E-state index in [-0.39, 0.29) is 35.7 Å². The Morgan fingerprint density at radius 2 is 2.06 bits per heavy atom. The Morgan fingerprint density at radius 3 is 2.81 bits per heavy atom. The second-order valence-corrected chi connectivity index (χ2v) is 8.98. The van der Waals surface area contributed by atoms with Gasteiger partial charge in [-0.3, -0.25) is 9.59 Å². The van der Waals surface area contributed by atoms with E-state index in [0.717, 1.165) is 11.4 Å². The zero-order chi connectivity index (χ0) is 22.0. The van der Waals surface area contributed by atoms with Crippen molar-refractivity contribution in [3.8, 4) is 0 Å². The van der Waals surface area contributed by atoms with Gasteiger partial charge in [-0.25, -0.2) is 4.39 Å². The maximum atomic E-state index is 13.4. The third-order valence-electron chi connectivity index (χ3n) is 5.26. The number of carbonyl (C=O) groups is 2. The van der Waals surface area contributed by atoms with Crippen LogP contribution in [0.1, 0.15) is 29.8 Å². The molecule has 1 aliphatic heterocycles. The van der Waals surface area contributed by atoms with E-state index in [9.17, 15) is 14.0 Å². The number of nitrogens with one attached hydrogen (secondary N) is 1. The van der Waals surface area contributed by atoms with Gasteiger partial charge < -0.3 is 10.2 Å². The molecule has 0 aliphatic carbocycles. The van der Waals surface area contributed by atoms with Gasteiger partial charge in [0, 0.05) is 25.1 Å². The summed E-state index contributed by atoms with van der Waals surface area (Å²) in [6.45, 7) is 2.32. The lowest BCUT2D eigenvalue weighted by Gasteiger charge is -2.17. The number of hydrogen-bond donors (Lipinski definition) is 1. The van der Waals surface area contributed by atoms with Gasteiger partial charge in [0.2, 0.25) is 16.9 Å². The highest BCUT2D eigenvalue weighted by Gasteiger charge is 2.35. The number of carbonyl (C=O) groups excluding carboxylic acids is 2. The Labute approximate surface area is 188 Å². The van der Waals surface area contributed by atoms with E-state index in [1.165, 1.54) is 40.0 Å². The van der Waals surface area contributed by atoms with Gasteiger partial charge in [-0.05, 0) is 29.7 Å². The summed E-state index contributed by atoms with van der Waals surface area (Å²) in [6, 6.07) is 14.2. The van der Waals surface area contributed by atoms with Gasteiger partial charge >= 0.3 is 0 Å². The highest BCUT2D eigenvalue weighted by Crippen LogP contribution is 2.30. The molecule has 6 nitrogen and oxygen atoms in total. The fourth-order valence-corrected chi connectivity index (χ4v) is 4.59. The summed E-state index contributed by atoms with van der Waals surface area (Å²) in [4.78, 5) is 26.5. The summed E-state index contributed by atoms with van der Waals surface area (Å²) >= 11 is 7.15. The summed E-state index contributed by atoms with van der Waals surface area (Å²) in [6.07, 6.45) is 0.788. The van der Waals surface area contributed by atoms with E-state index in [4.69, 9.17) is 11.6 Å². The van der Waals surface area contributed by atoms with Gasteiger partial charge in [-0.1, -0.05) is 60.2 Å². The molecule has 1 fully saturated rings. The molecule has 2 unspecified atom stereocenters. The van der Waals surface area contributed by atoms with Crippen molar-refractivity contribution in [2.24, 2.45) is 5.92 Å². The first-order chi connectivity index (χ1) is 14.9. The average molecular weight is 459 g/mol. The first kappa shape index (κ1) is 21.4. The summed E-state index contributed by atoms with van der Waals surface area (Å²) in [5.74, 6) is -1.31. The number of hydrogen-bond acceptors (Lipinski definition) is 5. The minimum absolute atomic E-state index is 0.0654. The van der Waals surface area contributed by atoms with Crippen molar-refractivity contribution in [2.75, 3.05) is 16.8 Å². The Bertz CT molecular complexity index is 1110. The molecule has 1 aliphatic rings. The van der Waals surface area contributed by atoms with Crippen LogP contribution in [0.5, 0.6) is 0 Å². The molecule has 0 bridgehead atoms. The van der Waals surface area contributed by atoms with Crippen LogP contribution in [0.15, 0.2) is 48.5 Å². The molecule has 1 aromatic heterocycles. The third-order valence-corrected chi connectivity index (χ3v) is 6.41. The maximum Gasteiger partial charge on any atom is 0.231 e. The molecule has 160 valence electrons. The van der Waals surface area contributed by atoms with E-state index >= 15 is 0 Å². The Kier molecular flexibility index (Phi) is 6.29. The molecule has 2 atom stereocenters. The van der Waals surface area contributed by atoms with E-state index < -0.39 is 11.7 Å². The molecule has 9 heteroatoms. The van der Waals surface area contributed by atoms with Crippen molar-refractivity contribution in [1.82, 2.24) is 10.2 Å². The lowest BCUT2D eigenvalue weighted by atomic mass is 9.98. The Balaban J connectivity index is 1.36. The van der Waals surface area contributed by atoms with Crippen LogP contribution in [0.2, 0.25) is 5.02 Å². The van der Waals surface area contributed by atoms with E-state index in [1.807, 2.05) is 18.2 Å². The van der Waals surface area contributed by atoms with Crippen molar-refractivity contribution in [1.29, 1.82) is 0 Å². The number of nitrogens with zero attached hydrogens (tertiary/aromatic N) is 3. The first-order valence-corrected chi connectivity index (χ1v) is 11.0. The summed E-state index contributed by atoms with van der Waals surface area (Å²) in [5.41, 5.74) is 1.69. The molecule has 0 radical (unpaired) electrons. The number of halogens is 2. The predicted molar refractivity (Wildman–Crippen MR) is 119 cm³/mol.